The molecule has 1 aliphatic rings. The van der Waals surface area contributed by atoms with E-state index in [1.807, 2.05) is 27.7 Å². The Morgan fingerprint density at radius 3 is 2.19 bits per heavy atom. The molecule has 26 heavy (non-hydrogen) atoms. The van der Waals surface area contributed by atoms with Crippen molar-refractivity contribution in [2.24, 2.45) is 17.3 Å². The zero-order valence-electron chi connectivity index (χ0n) is 17.3. The number of amides is 2. The summed E-state index contributed by atoms with van der Waals surface area (Å²) in [5.74, 6) is -0.668. The van der Waals surface area contributed by atoms with Gasteiger partial charge >= 0.3 is 12.1 Å². The lowest BCUT2D eigenvalue weighted by Crippen LogP contribution is -2.63. The summed E-state index contributed by atoms with van der Waals surface area (Å²) in [4.78, 5) is 36.5. The van der Waals surface area contributed by atoms with Crippen LogP contribution in [0.5, 0.6) is 0 Å². The first-order chi connectivity index (χ1) is 11.8. The molecule has 1 saturated carbocycles. The average Bonchev–Trinajstić information content (AvgIpc) is 2.47. The third-order valence-electron chi connectivity index (χ3n) is 4.78. The van der Waals surface area contributed by atoms with E-state index in [2.05, 4.69) is 10.6 Å². The maximum atomic E-state index is 12.7. The molecular formula is C19H34N2O5. The summed E-state index contributed by atoms with van der Waals surface area (Å²) in [5.41, 5.74) is -1.00. The van der Waals surface area contributed by atoms with Crippen molar-refractivity contribution < 1.29 is 23.9 Å². The van der Waals surface area contributed by atoms with E-state index in [9.17, 15) is 14.4 Å². The van der Waals surface area contributed by atoms with E-state index in [1.54, 1.807) is 20.8 Å². The second kappa shape index (κ2) is 8.27. The topological polar surface area (TPSA) is 93.7 Å². The van der Waals surface area contributed by atoms with Crippen molar-refractivity contribution in [3.8, 4) is 0 Å². The summed E-state index contributed by atoms with van der Waals surface area (Å²) in [6.45, 7) is 13.2. The van der Waals surface area contributed by atoms with E-state index in [0.29, 0.717) is 12.8 Å². The summed E-state index contributed by atoms with van der Waals surface area (Å²) in [6.07, 6.45) is 0.542. The fourth-order valence-electron chi connectivity index (χ4n) is 3.17. The Labute approximate surface area is 156 Å². The molecule has 1 aliphatic carbocycles. The van der Waals surface area contributed by atoms with Crippen LogP contribution in [0, 0.1) is 17.3 Å². The molecule has 0 radical (unpaired) electrons. The Hall–Kier alpha value is -1.79. The van der Waals surface area contributed by atoms with Crippen molar-refractivity contribution in [2.45, 2.75) is 79.0 Å². The van der Waals surface area contributed by atoms with Crippen LogP contribution in [0.25, 0.3) is 0 Å². The van der Waals surface area contributed by atoms with E-state index >= 15 is 0 Å². The van der Waals surface area contributed by atoms with Crippen LogP contribution >= 0.6 is 0 Å². The van der Waals surface area contributed by atoms with Crippen LogP contribution in [0.1, 0.15) is 61.3 Å². The van der Waals surface area contributed by atoms with E-state index in [4.69, 9.17) is 9.47 Å². The molecule has 3 atom stereocenters. The Bertz CT molecular complexity index is 537. The SMILES string of the molecule is COC(=O)[C@H](CC(C)C)NC(=O)[C@H]1C[C@@H](NC(=O)OC(C)(C)C)C1(C)C. The number of carbonyl (C=O) groups is 3. The lowest BCUT2D eigenvalue weighted by Gasteiger charge is -2.51. The Kier molecular flexibility index (Phi) is 7.08. The van der Waals surface area contributed by atoms with Gasteiger partial charge in [-0.05, 0) is 44.9 Å². The van der Waals surface area contributed by atoms with E-state index in [-0.39, 0.29) is 23.8 Å². The number of rotatable bonds is 6. The Morgan fingerprint density at radius 1 is 1.19 bits per heavy atom. The van der Waals surface area contributed by atoms with Crippen molar-refractivity contribution >= 4 is 18.0 Å². The highest BCUT2D eigenvalue weighted by Crippen LogP contribution is 2.46. The van der Waals surface area contributed by atoms with Gasteiger partial charge in [-0.15, -0.1) is 0 Å². The molecule has 7 nitrogen and oxygen atoms in total. The number of carbonyl (C=O) groups excluding carboxylic acids is 3. The first-order valence-electron chi connectivity index (χ1n) is 9.15. The number of methoxy groups -OCH3 is 1. The van der Waals surface area contributed by atoms with Gasteiger partial charge in [-0.1, -0.05) is 27.7 Å². The molecule has 0 saturated heterocycles. The minimum Gasteiger partial charge on any atom is -0.467 e. The monoisotopic (exact) mass is 370 g/mol. The number of nitrogens with one attached hydrogen (secondary N) is 2. The fraction of sp³-hybridized carbons (Fsp3) is 0.842. The number of ether oxygens (including phenoxy) is 2. The van der Waals surface area contributed by atoms with Gasteiger partial charge in [0.2, 0.25) is 5.91 Å². The third-order valence-corrected chi connectivity index (χ3v) is 4.78. The summed E-state index contributed by atoms with van der Waals surface area (Å²) in [5, 5.41) is 5.65. The molecule has 0 aliphatic heterocycles. The highest BCUT2D eigenvalue weighted by molar-refractivity contribution is 5.87. The Balaban J connectivity index is 2.66. The zero-order valence-corrected chi connectivity index (χ0v) is 17.3. The second-order valence-electron chi connectivity index (χ2n) is 9.02. The number of hydrogen-bond acceptors (Lipinski definition) is 5. The Morgan fingerprint density at radius 2 is 1.77 bits per heavy atom. The average molecular weight is 370 g/mol. The van der Waals surface area contributed by atoms with Crippen molar-refractivity contribution in [2.75, 3.05) is 7.11 Å². The third kappa shape index (κ3) is 5.88. The maximum absolute atomic E-state index is 12.7. The molecular weight excluding hydrogens is 336 g/mol. The molecule has 2 N–H and O–H groups in total. The highest BCUT2D eigenvalue weighted by atomic mass is 16.6. The summed E-state index contributed by atoms with van der Waals surface area (Å²) < 4.78 is 10.1. The first-order valence-corrected chi connectivity index (χ1v) is 9.15. The van der Waals surface area contributed by atoms with Crippen molar-refractivity contribution in [3.63, 3.8) is 0 Å². The molecule has 0 unspecified atom stereocenters. The summed E-state index contributed by atoms with van der Waals surface area (Å²) >= 11 is 0. The number of alkyl carbamates (subject to hydrolysis) is 1. The van der Waals surface area contributed by atoms with Gasteiger partial charge in [0.05, 0.1) is 7.11 Å². The molecule has 150 valence electrons. The number of hydrogen-bond donors (Lipinski definition) is 2. The predicted molar refractivity (Wildman–Crippen MR) is 98.4 cm³/mol. The van der Waals surface area contributed by atoms with Crippen LogP contribution in [0.4, 0.5) is 4.79 Å². The van der Waals surface area contributed by atoms with Crippen LogP contribution in [-0.4, -0.2) is 42.8 Å². The van der Waals surface area contributed by atoms with Gasteiger partial charge in [-0.3, -0.25) is 4.79 Å². The molecule has 1 fully saturated rings. The quantitative estimate of drug-likeness (QED) is 0.701. The van der Waals surface area contributed by atoms with Gasteiger partial charge in [0, 0.05) is 12.0 Å². The summed E-state index contributed by atoms with van der Waals surface area (Å²) in [6, 6.07) is -0.809. The molecule has 0 aromatic rings. The zero-order chi connectivity index (χ0) is 20.3. The van der Waals surface area contributed by atoms with Gasteiger partial charge < -0.3 is 20.1 Å². The molecule has 0 aromatic carbocycles. The largest absolute Gasteiger partial charge is 0.467 e. The van der Waals surface area contributed by atoms with Crippen molar-refractivity contribution in [3.05, 3.63) is 0 Å². The lowest BCUT2D eigenvalue weighted by molar-refractivity contribution is -0.149. The van der Waals surface area contributed by atoms with E-state index in [0.717, 1.165) is 0 Å². The van der Waals surface area contributed by atoms with Crippen LogP contribution in [0.15, 0.2) is 0 Å². The molecule has 0 spiro atoms. The fourth-order valence-corrected chi connectivity index (χ4v) is 3.17. The van der Waals surface area contributed by atoms with Gasteiger partial charge in [-0.25, -0.2) is 9.59 Å². The van der Waals surface area contributed by atoms with Gasteiger partial charge in [0.25, 0.3) is 0 Å². The van der Waals surface area contributed by atoms with E-state index < -0.39 is 29.1 Å². The lowest BCUT2D eigenvalue weighted by atomic mass is 9.58. The van der Waals surface area contributed by atoms with Gasteiger partial charge in [0.15, 0.2) is 0 Å². The predicted octanol–water partition coefficient (Wildman–Crippen LogP) is 2.63. The summed E-state index contributed by atoms with van der Waals surface area (Å²) in [7, 11) is 1.32. The van der Waals surface area contributed by atoms with Crippen LogP contribution in [0.2, 0.25) is 0 Å². The van der Waals surface area contributed by atoms with Crippen molar-refractivity contribution in [1.82, 2.24) is 10.6 Å². The molecule has 1 rings (SSSR count). The minimum absolute atomic E-state index is 0.158. The first kappa shape index (κ1) is 22.3. The van der Waals surface area contributed by atoms with Crippen LogP contribution in [-0.2, 0) is 19.1 Å². The maximum Gasteiger partial charge on any atom is 0.407 e. The number of esters is 1. The van der Waals surface area contributed by atoms with Gasteiger partial charge in [0.1, 0.15) is 11.6 Å². The standard InChI is InChI=1S/C19H34N2O5/c1-11(2)9-13(16(23)25-8)20-15(22)12-10-14(19(12,6)7)21-17(24)26-18(3,4)5/h11-14H,9-10H2,1-8H3,(H,20,22)(H,21,24)/t12-,13+,14-/m1/s1. The molecule has 0 heterocycles. The smallest absolute Gasteiger partial charge is 0.407 e. The van der Waals surface area contributed by atoms with E-state index in [1.165, 1.54) is 7.11 Å². The van der Waals surface area contributed by atoms with Crippen LogP contribution < -0.4 is 10.6 Å². The molecule has 0 bridgehead atoms. The van der Waals surface area contributed by atoms with Crippen LogP contribution in [0.3, 0.4) is 0 Å². The molecule has 2 amide bonds. The van der Waals surface area contributed by atoms with Crippen molar-refractivity contribution in [1.29, 1.82) is 0 Å². The molecule has 7 heteroatoms. The molecule has 0 aromatic heterocycles. The second-order valence-corrected chi connectivity index (χ2v) is 9.02. The van der Waals surface area contributed by atoms with Gasteiger partial charge in [-0.2, -0.15) is 0 Å². The normalized spacial score (nSPS) is 22.8. The minimum atomic E-state index is -0.652. The highest BCUT2D eigenvalue weighted by Gasteiger charge is 2.53.